The summed E-state index contributed by atoms with van der Waals surface area (Å²) in [5, 5.41) is 4.74. The molecule has 1 rings (SSSR count). The molecule has 1 saturated heterocycles. The van der Waals surface area contributed by atoms with Crippen LogP contribution in [0.5, 0.6) is 0 Å². The van der Waals surface area contributed by atoms with E-state index in [0.717, 1.165) is 11.7 Å². The van der Waals surface area contributed by atoms with Gasteiger partial charge >= 0.3 is 0 Å². The molecule has 1 aliphatic heterocycles. The van der Waals surface area contributed by atoms with Gasteiger partial charge in [-0.05, 0) is 37.7 Å². The monoisotopic (exact) mass is 260 g/mol. The Morgan fingerprint density at radius 3 is 3.00 bits per heavy atom. The van der Waals surface area contributed by atoms with E-state index in [1.807, 2.05) is 23.5 Å². The lowest BCUT2D eigenvalue weighted by molar-refractivity contribution is 0.389. The average Bonchev–Trinajstić information content (AvgIpc) is 2.27. The number of rotatable bonds is 5. The number of hydrogen-bond acceptors (Lipinski definition) is 3. The molecule has 2 nitrogen and oxygen atoms in total. The van der Waals surface area contributed by atoms with Crippen molar-refractivity contribution in [2.24, 2.45) is 10.9 Å². The van der Waals surface area contributed by atoms with Gasteiger partial charge in [0, 0.05) is 17.8 Å². The molecule has 1 N–H and O–H groups in total. The Balaban J connectivity index is 2.44. The fourth-order valence-electron chi connectivity index (χ4n) is 1.66. The van der Waals surface area contributed by atoms with Crippen LogP contribution in [-0.2, 0) is 0 Å². The maximum absolute atomic E-state index is 4.70. The highest BCUT2D eigenvalue weighted by Gasteiger charge is 2.27. The van der Waals surface area contributed by atoms with Gasteiger partial charge in [-0.25, -0.2) is 0 Å². The third kappa shape index (κ3) is 4.58. The molecule has 1 fully saturated rings. The molecule has 2 atom stereocenters. The number of nitrogens with one attached hydrogen (secondary N) is 1. The number of nitrogens with zero attached hydrogens (tertiary/aromatic N) is 1. The normalized spacial score (nSPS) is 30.1. The molecular weight excluding hydrogens is 236 g/mol. The van der Waals surface area contributed by atoms with Crippen LogP contribution in [0.1, 0.15) is 33.6 Å². The minimum Gasteiger partial charge on any atom is -0.360 e. The average molecular weight is 260 g/mol. The largest absolute Gasteiger partial charge is 0.360 e. The highest BCUT2D eigenvalue weighted by molar-refractivity contribution is 8.13. The Morgan fingerprint density at radius 1 is 1.62 bits per heavy atom. The molecule has 0 aromatic rings. The summed E-state index contributed by atoms with van der Waals surface area (Å²) in [5.74, 6) is 3.08. The second-order valence-corrected chi connectivity index (χ2v) is 6.84. The molecule has 2 unspecified atom stereocenters. The summed E-state index contributed by atoms with van der Waals surface area (Å²) in [7, 11) is 0. The lowest BCUT2D eigenvalue weighted by Crippen LogP contribution is -2.48. The van der Waals surface area contributed by atoms with Crippen molar-refractivity contribution in [2.75, 3.05) is 24.3 Å². The molecule has 0 aromatic heterocycles. The summed E-state index contributed by atoms with van der Waals surface area (Å²) < 4.78 is 0. The number of amidine groups is 1. The lowest BCUT2D eigenvalue weighted by Gasteiger charge is -2.35. The summed E-state index contributed by atoms with van der Waals surface area (Å²) in [5.41, 5.74) is 0.271. The van der Waals surface area contributed by atoms with Gasteiger partial charge in [-0.3, -0.25) is 4.99 Å². The third-order valence-electron chi connectivity index (χ3n) is 3.08. The van der Waals surface area contributed by atoms with Crippen LogP contribution >= 0.6 is 23.5 Å². The fraction of sp³-hybridized carbons (Fsp3) is 0.917. The third-order valence-corrected chi connectivity index (χ3v) is 4.89. The van der Waals surface area contributed by atoms with Crippen molar-refractivity contribution in [1.82, 2.24) is 5.32 Å². The van der Waals surface area contributed by atoms with Crippen LogP contribution in [0.2, 0.25) is 0 Å². The first-order valence-corrected chi connectivity index (χ1v) is 8.42. The minimum atomic E-state index is 0.271. The Bertz CT molecular complexity index is 243. The highest BCUT2D eigenvalue weighted by atomic mass is 32.2. The summed E-state index contributed by atoms with van der Waals surface area (Å²) >= 11 is 3.78. The van der Waals surface area contributed by atoms with Crippen LogP contribution in [0.4, 0.5) is 0 Å². The standard InChI is InChI=1S/C12H24N2S2/c1-5-12(3)6-7-16-11(14-12)13-8-10(2)9-15-4/h10H,5-9H2,1-4H3,(H,13,14). The Hall–Kier alpha value is 0.170. The first kappa shape index (κ1) is 14.2. The number of hydrogen-bond donors (Lipinski definition) is 1. The van der Waals surface area contributed by atoms with Crippen LogP contribution in [0.25, 0.3) is 0 Å². The van der Waals surface area contributed by atoms with Crippen LogP contribution < -0.4 is 5.32 Å². The van der Waals surface area contributed by atoms with Crippen LogP contribution in [0, 0.1) is 5.92 Å². The van der Waals surface area contributed by atoms with Gasteiger partial charge in [-0.2, -0.15) is 11.8 Å². The van der Waals surface area contributed by atoms with E-state index in [-0.39, 0.29) is 5.54 Å². The molecule has 1 heterocycles. The van der Waals surface area contributed by atoms with Crippen molar-refractivity contribution >= 4 is 28.7 Å². The van der Waals surface area contributed by atoms with Crippen molar-refractivity contribution in [1.29, 1.82) is 0 Å². The highest BCUT2D eigenvalue weighted by Crippen LogP contribution is 2.24. The van der Waals surface area contributed by atoms with Crippen molar-refractivity contribution in [2.45, 2.75) is 39.2 Å². The zero-order valence-electron chi connectivity index (χ0n) is 10.9. The molecule has 94 valence electrons. The Kier molecular flexibility index (Phi) is 6.05. The first-order valence-electron chi connectivity index (χ1n) is 6.04. The van der Waals surface area contributed by atoms with Gasteiger partial charge < -0.3 is 5.32 Å². The summed E-state index contributed by atoms with van der Waals surface area (Å²) in [6.07, 6.45) is 4.58. The zero-order chi connectivity index (χ0) is 12.0. The van der Waals surface area contributed by atoms with E-state index in [1.165, 1.54) is 24.3 Å². The minimum absolute atomic E-state index is 0.271. The molecule has 0 bridgehead atoms. The summed E-state index contributed by atoms with van der Waals surface area (Å²) in [4.78, 5) is 4.70. The van der Waals surface area contributed by atoms with E-state index in [1.54, 1.807) is 0 Å². The van der Waals surface area contributed by atoms with Crippen molar-refractivity contribution in [3.63, 3.8) is 0 Å². The Morgan fingerprint density at radius 2 is 2.38 bits per heavy atom. The maximum Gasteiger partial charge on any atom is 0.156 e. The molecule has 4 heteroatoms. The van der Waals surface area contributed by atoms with Gasteiger partial charge in [-0.15, -0.1) is 0 Å². The van der Waals surface area contributed by atoms with Gasteiger partial charge in [-0.1, -0.05) is 25.6 Å². The van der Waals surface area contributed by atoms with Crippen LogP contribution in [0.15, 0.2) is 4.99 Å². The molecular formula is C12H24N2S2. The quantitative estimate of drug-likeness (QED) is 0.821. The zero-order valence-corrected chi connectivity index (χ0v) is 12.5. The SMILES string of the molecule is CCC1(C)CCSC(=NCC(C)CSC)N1. The Labute approximate surface area is 108 Å². The topological polar surface area (TPSA) is 24.4 Å². The number of aliphatic imine (C=N–C) groups is 1. The van der Waals surface area contributed by atoms with Crippen molar-refractivity contribution < 1.29 is 0 Å². The van der Waals surface area contributed by atoms with Crippen LogP contribution in [0.3, 0.4) is 0 Å². The molecule has 0 spiro atoms. The fourth-order valence-corrected chi connectivity index (χ4v) is 3.56. The molecule has 0 amide bonds. The predicted octanol–water partition coefficient (Wildman–Crippen LogP) is 3.24. The smallest absolute Gasteiger partial charge is 0.156 e. The van der Waals surface area contributed by atoms with E-state index in [2.05, 4.69) is 32.3 Å². The molecule has 16 heavy (non-hydrogen) atoms. The first-order chi connectivity index (χ1) is 7.59. The van der Waals surface area contributed by atoms with E-state index in [0.29, 0.717) is 5.92 Å². The second-order valence-electron chi connectivity index (χ2n) is 4.84. The predicted molar refractivity (Wildman–Crippen MR) is 78.8 cm³/mol. The molecule has 0 aliphatic carbocycles. The van der Waals surface area contributed by atoms with Gasteiger partial charge in [0.2, 0.25) is 0 Å². The molecule has 0 radical (unpaired) electrons. The maximum atomic E-state index is 4.70. The van der Waals surface area contributed by atoms with Gasteiger partial charge in [0.1, 0.15) is 0 Å². The van der Waals surface area contributed by atoms with E-state index >= 15 is 0 Å². The number of thioether (sulfide) groups is 2. The summed E-state index contributed by atoms with van der Waals surface area (Å²) in [6.45, 7) is 7.77. The van der Waals surface area contributed by atoms with E-state index in [9.17, 15) is 0 Å². The summed E-state index contributed by atoms with van der Waals surface area (Å²) in [6, 6.07) is 0. The van der Waals surface area contributed by atoms with Crippen molar-refractivity contribution in [3.8, 4) is 0 Å². The van der Waals surface area contributed by atoms with Crippen molar-refractivity contribution in [3.05, 3.63) is 0 Å². The molecule has 0 aromatic carbocycles. The van der Waals surface area contributed by atoms with Gasteiger partial charge in [0.05, 0.1) is 0 Å². The molecule has 1 aliphatic rings. The van der Waals surface area contributed by atoms with Gasteiger partial charge in [0.25, 0.3) is 0 Å². The lowest BCUT2D eigenvalue weighted by atomic mass is 9.96. The molecule has 0 saturated carbocycles. The van der Waals surface area contributed by atoms with Gasteiger partial charge in [0.15, 0.2) is 5.17 Å². The second kappa shape index (κ2) is 6.80. The van der Waals surface area contributed by atoms with Crippen LogP contribution in [-0.4, -0.2) is 35.0 Å². The van der Waals surface area contributed by atoms with E-state index in [4.69, 9.17) is 4.99 Å². The van der Waals surface area contributed by atoms with E-state index < -0.39 is 0 Å².